The monoisotopic (exact) mass is 408 g/mol. The van der Waals surface area contributed by atoms with Crippen LogP contribution in [0.4, 0.5) is 5.13 Å². The molecule has 0 saturated carbocycles. The molecule has 4 rings (SSSR count). The minimum absolute atomic E-state index is 0.0323. The summed E-state index contributed by atoms with van der Waals surface area (Å²) in [7, 11) is 0. The van der Waals surface area contributed by atoms with Gasteiger partial charge in [0.05, 0.1) is 10.9 Å². The summed E-state index contributed by atoms with van der Waals surface area (Å²) in [6.45, 7) is 4.44. The van der Waals surface area contributed by atoms with Gasteiger partial charge in [-0.2, -0.15) is 0 Å². The second kappa shape index (κ2) is 7.59. The molecule has 0 radical (unpaired) electrons. The number of pyridine rings is 2. The average molecular weight is 408 g/mol. The molecule has 1 amide bonds. The number of carbonyl (C=O) groups is 1. The van der Waals surface area contributed by atoms with Crippen molar-refractivity contribution in [3.05, 3.63) is 62.9 Å². The number of nitrogens with one attached hydrogen (secondary N) is 2. The first-order chi connectivity index (χ1) is 14.0. The number of thiazole rings is 1. The lowest BCUT2D eigenvalue weighted by Crippen LogP contribution is -2.32. The van der Waals surface area contributed by atoms with Gasteiger partial charge in [-0.1, -0.05) is 19.4 Å². The molecule has 4 aromatic rings. The van der Waals surface area contributed by atoms with Gasteiger partial charge in [-0.3, -0.25) is 24.7 Å². The summed E-state index contributed by atoms with van der Waals surface area (Å²) in [4.78, 5) is 34.7. The van der Waals surface area contributed by atoms with Crippen LogP contribution in [-0.4, -0.2) is 24.8 Å². The van der Waals surface area contributed by atoms with E-state index in [0.717, 1.165) is 18.4 Å². The van der Waals surface area contributed by atoms with Crippen molar-refractivity contribution < 1.29 is 4.79 Å². The van der Waals surface area contributed by atoms with Gasteiger partial charge >= 0.3 is 0 Å². The Kier molecular flexibility index (Phi) is 4.98. The van der Waals surface area contributed by atoms with Gasteiger partial charge in [0.1, 0.15) is 16.8 Å². The molecule has 0 aliphatic rings. The van der Waals surface area contributed by atoms with Gasteiger partial charge < -0.3 is 4.57 Å². The van der Waals surface area contributed by atoms with Crippen LogP contribution in [0.15, 0.2) is 40.8 Å². The first-order valence-corrected chi connectivity index (χ1v) is 10.2. The predicted octanol–water partition coefficient (Wildman–Crippen LogP) is 2.95. The Morgan fingerprint density at radius 3 is 2.90 bits per heavy atom. The largest absolute Gasteiger partial charge is 0.310 e. The van der Waals surface area contributed by atoms with Crippen molar-refractivity contribution >= 4 is 39.1 Å². The van der Waals surface area contributed by atoms with Crippen LogP contribution in [0.2, 0.25) is 0 Å². The standard InChI is InChI=1S/C20H20N6O2S/c1-3-4-8-25-15(21)13(18(27)24-20-22-7-10-29-20)11-14-17(25)23-16-12(2)6-5-9-26(16)19(14)28/h5-7,9-11,21H,3-4,8H2,1-2H3,(H,22,24,27). The zero-order chi connectivity index (χ0) is 20.5. The highest BCUT2D eigenvalue weighted by molar-refractivity contribution is 7.13. The number of carbonyl (C=O) groups excluding carboxylic acids is 1. The molecule has 0 spiro atoms. The van der Waals surface area contributed by atoms with Crippen molar-refractivity contribution in [3.63, 3.8) is 0 Å². The second-order valence-corrected chi connectivity index (χ2v) is 7.64. The third-order valence-electron chi connectivity index (χ3n) is 4.77. The molecule has 4 heterocycles. The third kappa shape index (κ3) is 3.33. The van der Waals surface area contributed by atoms with E-state index in [1.54, 1.807) is 28.4 Å². The zero-order valence-electron chi connectivity index (χ0n) is 16.1. The quantitative estimate of drug-likeness (QED) is 0.495. The lowest BCUT2D eigenvalue weighted by Gasteiger charge is -2.14. The Balaban J connectivity index is 2.00. The maximum Gasteiger partial charge on any atom is 0.267 e. The van der Waals surface area contributed by atoms with E-state index in [9.17, 15) is 9.59 Å². The van der Waals surface area contributed by atoms with Crippen molar-refractivity contribution in [2.75, 3.05) is 5.32 Å². The van der Waals surface area contributed by atoms with Crippen molar-refractivity contribution in [2.45, 2.75) is 33.2 Å². The summed E-state index contributed by atoms with van der Waals surface area (Å²) in [6, 6.07) is 5.14. The summed E-state index contributed by atoms with van der Waals surface area (Å²) in [6.07, 6.45) is 4.97. The van der Waals surface area contributed by atoms with Crippen LogP contribution in [0, 0.1) is 12.3 Å². The summed E-state index contributed by atoms with van der Waals surface area (Å²) >= 11 is 1.29. The van der Waals surface area contributed by atoms with E-state index < -0.39 is 5.91 Å². The number of rotatable bonds is 5. The van der Waals surface area contributed by atoms with E-state index in [4.69, 9.17) is 10.4 Å². The van der Waals surface area contributed by atoms with Gasteiger partial charge in [-0.15, -0.1) is 11.3 Å². The molecule has 29 heavy (non-hydrogen) atoms. The fourth-order valence-electron chi connectivity index (χ4n) is 3.25. The molecule has 0 fully saturated rings. The first kappa shape index (κ1) is 19.0. The maximum absolute atomic E-state index is 13.2. The molecule has 4 aromatic heterocycles. The molecule has 2 N–H and O–H groups in total. The number of anilines is 1. The van der Waals surface area contributed by atoms with Crippen LogP contribution in [0.1, 0.15) is 35.7 Å². The number of fused-ring (bicyclic) bond motifs is 2. The van der Waals surface area contributed by atoms with Crippen LogP contribution in [0.5, 0.6) is 0 Å². The topological polar surface area (TPSA) is 105 Å². The fourth-order valence-corrected chi connectivity index (χ4v) is 3.78. The van der Waals surface area contributed by atoms with Crippen LogP contribution < -0.4 is 16.4 Å². The molecule has 9 heteroatoms. The summed E-state index contributed by atoms with van der Waals surface area (Å²) in [5.74, 6) is -0.467. The molecule has 0 saturated heterocycles. The number of aromatic nitrogens is 4. The summed E-state index contributed by atoms with van der Waals surface area (Å²) in [5.41, 5.74) is 1.73. The zero-order valence-corrected chi connectivity index (χ0v) is 16.9. The van der Waals surface area contributed by atoms with Crippen molar-refractivity contribution in [3.8, 4) is 0 Å². The van der Waals surface area contributed by atoms with Crippen LogP contribution in [0.3, 0.4) is 0 Å². The van der Waals surface area contributed by atoms with Gasteiger partial charge in [0, 0.05) is 24.3 Å². The number of hydrogen-bond acceptors (Lipinski definition) is 6. The van der Waals surface area contributed by atoms with Crippen molar-refractivity contribution in [1.82, 2.24) is 18.9 Å². The average Bonchev–Trinajstić information content (AvgIpc) is 3.21. The van der Waals surface area contributed by atoms with Crippen LogP contribution >= 0.6 is 11.3 Å². The Labute approximate surface area is 170 Å². The van der Waals surface area contributed by atoms with Crippen molar-refractivity contribution in [1.29, 1.82) is 5.41 Å². The minimum Gasteiger partial charge on any atom is -0.310 e. The molecule has 0 aliphatic heterocycles. The van der Waals surface area contributed by atoms with E-state index in [-0.39, 0.29) is 16.6 Å². The highest BCUT2D eigenvalue weighted by Crippen LogP contribution is 2.15. The molecule has 0 aliphatic carbocycles. The highest BCUT2D eigenvalue weighted by atomic mass is 32.1. The predicted molar refractivity (Wildman–Crippen MR) is 113 cm³/mol. The molecule has 0 unspecified atom stereocenters. The first-order valence-electron chi connectivity index (χ1n) is 9.32. The van der Waals surface area contributed by atoms with Crippen LogP contribution in [-0.2, 0) is 6.54 Å². The van der Waals surface area contributed by atoms with Crippen LogP contribution in [0.25, 0.3) is 16.7 Å². The van der Waals surface area contributed by atoms with E-state index in [2.05, 4.69) is 10.3 Å². The molecule has 0 aromatic carbocycles. The SMILES string of the molecule is CCCCn1c(=N)c(C(=O)Nc2nccs2)cc2c(=O)n3cccc(C)c3nc21. The Bertz CT molecular complexity index is 1340. The van der Waals surface area contributed by atoms with Gasteiger partial charge in [0.25, 0.3) is 11.5 Å². The fraction of sp³-hybridized carbons (Fsp3) is 0.250. The highest BCUT2D eigenvalue weighted by Gasteiger charge is 2.18. The molecular weight excluding hydrogens is 388 g/mol. The molecule has 8 nitrogen and oxygen atoms in total. The second-order valence-electron chi connectivity index (χ2n) is 6.74. The van der Waals surface area contributed by atoms with Gasteiger partial charge in [0.15, 0.2) is 5.13 Å². The Morgan fingerprint density at radius 1 is 1.34 bits per heavy atom. The van der Waals surface area contributed by atoms with E-state index in [0.29, 0.717) is 28.4 Å². The van der Waals surface area contributed by atoms with Crippen molar-refractivity contribution in [2.24, 2.45) is 0 Å². The Hall–Kier alpha value is -3.33. The van der Waals surface area contributed by atoms with Gasteiger partial charge in [0.2, 0.25) is 0 Å². The summed E-state index contributed by atoms with van der Waals surface area (Å²) in [5, 5.41) is 13.8. The molecule has 0 bridgehead atoms. The number of unbranched alkanes of at least 4 members (excludes halogenated alkanes) is 1. The normalized spacial score (nSPS) is 11.2. The minimum atomic E-state index is -0.467. The Morgan fingerprint density at radius 2 is 2.17 bits per heavy atom. The number of nitrogens with zero attached hydrogens (tertiary/aromatic N) is 4. The molecule has 148 valence electrons. The number of amides is 1. The number of aryl methyl sites for hydroxylation is 2. The number of hydrogen-bond donors (Lipinski definition) is 2. The van der Waals surface area contributed by atoms with E-state index in [1.807, 2.05) is 19.9 Å². The third-order valence-corrected chi connectivity index (χ3v) is 5.45. The lowest BCUT2D eigenvalue weighted by atomic mass is 10.2. The van der Waals surface area contributed by atoms with Gasteiger partial charge in [-0.25, -0.2) is 9.97 Å². The summed E-state index contributed by atoms with van der Waals surface area (Å²) < 4.78 is 3.14. The lowest BCUT2D eigenvalue weighted by molar-refractivity contribution is 0.102. The molecular formula is C20H20N6O2S. The van der Waals surface area contributed by atoms with Gasteiger partial charge in [-0.05, 0) is 31.0 Å². The maximum atomic E-state index is 13.2. The smallest absolute Gasteiger partial charge is 0.267 e. The van der Waals surface area contributed by atoms with E-state index >= 15 is 0 Å². The molecule has 0 atom stereocenters. The van der Waals surface area contributed by atoms with E-state index in [1.165, 1.54) is 21.8 Å².